The fourth-order valence-electron chi connectivity index (χ4n) is 3.09. The third-order valence-corrected chi connectivity index (χ3v) is 6.99. The Morgan fingerprint density at radius 2 is 2.19 bits per heavy atom. The Kier molecular flexibility index (Phi) is 6.14. The monoisotopic (exact) mass is 407 g/mol. The number of sulfonamides is 1. The molecule has 1 atom stereocenters. The third-order valence-electron chi connectivity index (χ3n) is 4.73. The largest absolute Gasteiger partial charge is 0.352 e. The highest BCUT2D eigenvalue weighted by molar-refractivity contribution is 7.89. The fourth-order valence-corrected chi connectivity index (χ4v) is 4.89. The molecule has 1 aromatic carbocycles. The fraction of sp³-hybridized carbons (Fsp3) is 0.368. The van der Waals surface area contributed by atoms with Gasteiger partial charge in [0.25, 0.3) is 0 Å². The molecule has 1 saturated heterocycles. The Labute approximate surface area is 164 Å². The summed E-state index contributed by atoms with van der Waals surface area (Å²) in [6.45, 7) is 2.78. The van der Waals surface area contributed by atoms with Crippen LogP contribution in [0.5, 0.6) is 0 Å². The highest BCUT2D eigenvalue weighted by Crippen LogP contribution is 2.26. The summed E-state index contributed by atoms with van der Waals surface area (Å²) in [5.41, 5.74) is 1.72. The van der Waals surface area contributed by atoms with Crippen LogP contribution in [0.15, 0.2) is 47.6 Å². The Morgan fingerprint density at radius 1 is 1.37 bits per heavy atom. The summed E-state index contributed by atoms with van der Waals surface area (Å²) in [5.74, 6) is -0.508. The second kappa shape index (κ2) is 8.37. The van der Waals surface area contributed by atoms with Crippen molar-refractivity contribution in [2.24, 2.45) is 5.92 Å². The van der Waals surface area contributed by atoms with Gasteiger partial charge in [0.05, 0.1) is 10.8 Å². The number of carbonyl (C=O) groups is 1. The van der Waals surface area contributed by atoms with Crippen LogP contribution in [0.25, 0.3) is 0 Å². The van der Waals surface area contributed by atoms with E-state index in [0.717, 1.165) is 11.1 Å². The Hall–Kier alpha value is -1.96. The molecule has 0 unspecified atom stereocenters. The van der Waals surface area contributed by atoms with Gasteiger partial charge in [-0.1, -0.05) is 23.7 Å². The molecule has 1 fully saturated rings. The van der Waals surface area contributed by atoms with Gasteiger partial charge in [0.1, 0.15) is 0 Å². The van der Waals surface area contributed by atoms with Crippen LogP contribution in [-0.2, 0) is 21.4 Å². The SMILES string of the molecule is Cc1ccc(S(=O)(=O)N2CCC[C@H](C(=O)NCc3cccnc3)C2)cc1Cl. The first-order valence-electron chi connectivity index (χ1n) is 8.81. The molecule has 0 saturated carbocycles. The molecule has 0 radical (unpaired) electrons. The molecule has 1 aromatic heterocycles. The van der Waals surface area contributed by atoms with Gasteiger partial charge in [-0.05, 0) is 49.1 Å². The highest BCUT2D eigenvalue weighted by atomic mass is 35.5. The van der Waals surface area contributed by atoms with Crippen LogP contribution in [0.3, 0.4) is 0 Å². The zero-order chi connectivity index (χ0) is 19.4. The van der Waals surface area contributed by atoms with Crippen LogP contribution in [0.1, 0.15) is 24.0 Å². The summed E-state index contributed by atoms with van der Waals surface area (Å²) in [4.78, 5) is 16.7. The maximum absolute atomic E-state index is 12.9. The molecule has 2 aromatic rings. The van der Waals surface area contributed by atoms with Gasteiger partial charge in [0, 0.05) is 37.1 Å². The van der Waals surface area contributed by atoms with Crippen LogP contribution >= 0.6 is 11.6 Å². The molecule has 8 heteroatoms. The first-order valence-corrected chi connectivity index (χ1v) is 10.6. The summed E-state index contributed by atoms with van der Waals surface area (Å²) in [6.07, 6.45) is 4.68. The molecule has 3 rings (SSSR count). The number of pyridine rings is 1. The van der Waals surface area contributed by atoms with E-state index in [0.29, 0.717) is 31.0 Å². The summed E-state index contributed by atoms with van der Waals surface area (Å²) in [7, 11) is -3.68. The summed E-state index contributed by atoms with van der Waals surface area (Å²) in [6, 6.07) is 8.41. The van der Waals surface area contributed by atoms with Gasteiger partial charge in [0.15, 0.2) is 0 Å². The first-order chi connectivity index (χ1) is 12.9. The Balaban J connectivity index is 1.67. The average molecular weight is 408 g/mol. The van der Waals surface area contributed by atoms with Crippen molar-refractivity contribution >= 4 is 27.5 Å². The van der Waals surface area contributed by atoms with E-state index >= 15 is 0 Å². The van der Waals surface area contributed by atoms with E-state index in [4.69, 9.17) is 11.6 Å². The Bertz CT molecular complexity index is 919. The number of nitrogens with one attached hydrogen (secondary N) is 1. The number of hydrogen-bond acceptors (Lipinski definition) is 4. The zero-order valence-corrected chi connectivity index (χ0v) is 16.6. The van der Waals surface area contributed by atoms with Crippen molar-refractivity contribution < 1.29 is 13.2 Å². The smallest absolute Gasteiger partial charge is 0.243 e. The third kappa shape index (κ3) is 4.66. The van der Waals surface area contributed by atoms with Crippen molar-refractivity contribution in [2.45, 2.75) is 31.2 Å². The van der Waals surface area contributed by atoms with E-state index in [-0.39, 0.29) is 23.3 Å². The van der Waals surface area contributed by atoms with E-state index in [1.807, 2.05) is 19.1 Å². The number of carbonyl (C=O) groups excluding carboxylic acids is 1. The van der Waals surface area contributed by atoms with Gasteiger partial charge in [-0.2, -0.15) is 4.31 Å². The lowest BCUT2D eigenvalue weighted by Crippen LogP contribution is -2.45. The van der Waals surface area contributed by atoms with Crippen LogP contribution in [0.2, 0.25) is 5.02 Å². The van der Waals surface area contributed by atoms with Gasteiger partial charge in [-0.25, -0.2) is 8.42 Å². The second-order valence-corrected chi connectivity index (χ2v) is 9.04. The Morgan fingerprint density at radius 3 is 2.89 bits per heavy atom. The number of piperidine rings is 1. The molecule has 1 N–H and O–H groups in total. The number of amides is 1. The second-order valence-electron chi connectivity index (χ2n) is 6.69. The molecule has 144 valence electrons. The number of benzene rings is 1. The molecule has 2 heterocycles. The van der Waals surface area contributed by atoms with E-state index in [1.54, 1.807) is 24.5 Å². The number of aryl methyl sites for hydroxylation is 1. The van der Waals surface area contributed by atoms with Gasteiger partial charge in [-0.3, -0.25) is 9.78 Å². The highest BCUT2D eigenvalue weighted by Gasteiger charge is 2.33. The van der Waals surface area contributed by atoms with Crippen molar-refractivity contribution in [1.82, 2.24) is 14.6 Å². The molecule has 0 aliphatic carbocycles. The van der Waals surface area contributed by atoms with Gasteiger partial charge < -0.3 is 5.32 Å². The van der Waals surface area contributed by atoms with Crippen LogP contribution in [-0.4, -0.2) is 36.7 Å². The summed E-state index contributed by atoms with van der Waals surface area (Å²) >= 11 is 6.09. The van der Waals surface area contributed by atoms with E-state index < -0.39 is 10.0 Å². The molecule has 27 heavy (non-hydrogen) atoms. The lowest BCUT2D eigenvalue weighted by Gasteiger charge is -2.31. The minimum absolute atomic E-state index is 0.138. The predicted octanol–water partition coefficient (Wildman–Crippen LogP) is 2.76. The number of nitrogens with zero attached hydrogens (tertiary/aromatic N) is 2. The molecule has 1 aliphatic rings. The van der Waals surface area contributed by atoms with Crippen molar-refractivity contribution in [1.29, 1.82) is 0 Å². The van der Waals surface area contributed by atoms with Crippen molar-refractivity contribution in [2.75, 3.05) is 13.1 Å². The zero-order valence-electron chi connectivity index (χ0n) is 15.1. The lowest BCUT2D eigenvalue weighted by molar-refractivity contribution is -0.126. The lowest BCUT2D eigenvalue weighted by atomic mass is 9.99. The summed E-state index contributed by atoms with van der Waals surface area (Å²) in [5, 5.41) is 3.29. The molecule has 1 amide bonds. The number of aromatic nitrogens is 1. The van der Waals surface area contributed by atoms with Gasteiger partial charge in [0.2, 0.25) is 15.9 Å². The molecule has 1 aliphatic heterocycles. The van der Waals surface area contributed by atoms with Crippen molar-refractivity contribution in [3.8, 4) is 0 Å². The quantitative estimate of drug-likeness (QED) is 0.826. The van der Waals surface area contributed by atoms with Gasteiger partial charge >= 0.3 is 0 Å². The maximum Gasteiger partial charge on any atom is 0.243 e. The van der Waals surface area contributed by atoms with E-state index in [1.165, 1.54) is 10.4 Å². The minimum atomic E-state index is -3.68. The first kappa shape index (κ1) is 19.8. The number of hydrogen-bond donors (Lipinski definition) is 1. The van der Waals surface area contributed by atoms with E-state index in [2.05, 4.69) is 10.3 Å². The average Bonchev–Trinajstić information content (AvgIpc) is 2.69. The van der Waals surface area contributed by atoms with E-state index in [9.17, 15) is 13.2 Å². The molecular weight excluding hydrogens is 386 g/mol. The normalized spacial score (nSPS) is 18.2. The van der Waals surface area contributed by atoms with Crippen LogP contribution < -0.4 is 5.32 Å². The molecule has 6 nitrogen and oxygen atoms in total. The molecular formula is C19H22ClN3O3S. The number of halogens is 1. The van der Waals surface area contributed by atoms with Gasteiger partial charge in [-0.15, -0.1) is 0 Å². The van der Waals surface area contributed by atoms with Crippen molar-refractivity contribution in [3.63, 3.8) is 0 Å². The van der Waals surface area contributed by atoms with Crippen LogP contribution in [0, 0.1) is 12.8 Å². The van der Waals surface area contributed by atoms with Crippen molar-refractivity contribution in [3.05, 3.63) is 58.9 Å². The standard InChI is InChI=1S/C19H22ClN3O3S/c1-14-6-7-17(10-18(14)20)27(25,26)23-9-3-5-16(13-23)19(24)22-12-15-4-2-8-21-11-15/h2,4,6-8,10-11,16H,3,5,9,12-13H2,1H3,(H,22,24)/t16-/m0/s1. The maximum atomic E-state index is 12.9. The predicted molar refractivity (Wildman–Crippen MR) is 104 cm³/mol. The molecule has 0 spiro atoms. The minimum Gasteiger partial charge on any atom is -0.352 e. The number of rotatable bonds is 5. The molecule has 0 bridgehead atoms. The summed E-state index contributed by atoms with van der Waals surface area (Å²) < 4.78 is 27.2. The van der Waals surface area contributed by atoms with Crippen LogP contribution in [0.4, 0.5) is 0 Å². The topological polar surface area (TPSA) is 79.4 Å².